The van der Waals surface area contributed by atoms with E-state index in [1.165, 1.54) is 17.3 Å². The van der Waals surface area contributed by atoms with Crippen LogP contribution in [0.25, 0.3) is 0 Å². The summed E-state index contributed by atoms with van der Waals surface area (Å²) in [6, 6.07) is 3.38. The molecule has 2 N–H and O–H groups in total. The molecule has 0 bridgehead atoms. The normalized spacial score (nSPS) is 16.2. The van der Waals surface area contributed by atoms with Crippen LogP contribution in [0.3, 0.4) is 0 Å². The Morgan fingerprint density at radius 3 is 1.87 bits per heavy atom. The van der Waals surface area contributed by atoms with Crippen LogP contribution in [-0.2, 0) is 30.2 Å². The summed E-state index contributed by atoms with van der Waals surface area (Å²) in [6.45, 7) is 13.2. The molecule has 2 saturated carbocycles. The van der Waals surface area contributed by atoms with Crippen molar-refractivity contribution in [3.05, 3.63) is 64.5 Å². The van der Waals surface area contributed by atoms with Gasteiger partial charge < -0.3 is 25.4 Å². The predicted molar refractivity (Wildman–Crippen MR) is 199 cm³/mol. The Hall–Kier alpha value is -4.43. The smallest absolute Gasteiger partial charge is 0.365 e. The van der Waals surface area contributed by atoms with Gasteiger partial charge in [0.05, 0.1) is 29.2 Å². The zero-order valence-electron chi connectivity index (χ0n) is 31.8. The van der Waals surface area contributed by atoms with Gasteiger partial charge in [-0.15, -0.1) is 0 Å². The first kappa shape index (κ1) is 40.7. The van der Waals surface area contributed by atoms with E-state index in [1.807, 2.05) is 40.7 Å². The molecule has 3 aromatic rings. The van der Waals surface area contributed by atoms with Crippen LogP contribution in [0.15, 0.2) is 36.7 Å². The van der Waals surface area contributed by atoms with Crippen LogP contribution in [0.1, 0.15) is 108 Å². The Morgan fingerprint density at radius 1 is 0.870 bits per heavy atom. The van der Waals surface area contributed by atoms with E-state index < -0.39 is 35.6 Å². The number of aromatic nitrogens is 3. The summed E-state index contributed by atoms with van der Waals surface area (Å²) in [5, 5.41) is 12.1. The molecule has 6 rings (SSSR count). The van der Waals surface area contributed by atoms with Crippen molar-refractivity contribution in [3.63, 3.8) is 0 Å². The van der Waals surface area contributed by atoms with E-state index in [0.29, 0.717) is 71.8 Å². The van der Waals surface area contributed by atoms with Crippen LogP contribution >= 0.6 is 0 Å². The number of hydrogen-bond donors (Lipinski definition) is 2. The highest BCUT2D eigenvalue weighted by atomic mass is 19.4. The largest absolute Gasteiger partial charge is 0.416 e. The number of rotatable bonds is 13. The van der Waals surface area contributed by atoms with Gasteiger partial charge in [-0.05, 0) is 101 Å². The summed E-state index contributed by atoms with van der Waals surface area (Å²) >= 11 is 0. The lowest BCUT2D eigenvalue weighted by atomic mass is 10.0. The van der Waals surface area contributed by atoms with Gasteiger partial charge in [0, 0.05) is 61.5 Å². The summed E-state index contributed by atoms with van der Waals surface area (Å²) in [6.07, 6.45) is -1.74. The van der Waals surface area contributed by atoms with E-state index in [9.17, 15) is 31.1 Å². The quantitative estimate of drug-likeness (QED) is 0.132. The fraction of sp³-hybridized carbons (Fsp3) is 0.564. The van der Waals surface area contributed by atoms with Crippen LogP contribution in [0, 0.1) is 17.2 Å². The van der Waals surface area contributed by atoms with Gasteiger partial charge >= 0.3 is 12.4 Å². The van der Waals surface area contributed by atoms with Crippen molar-refractivity contribution in [1.29, 1.82) is 5.41 Å². The number of hydrogen-bond acceptors (Lipinski definition) is 8. The number of nitrogens with one attached hydrogen (secondary N) is 2. The second-order valence-electron chi connectivity index (χ2n) is 15.3. The molecule has 2 aliphatic carbocycles. The van der Waals surface area contributed by atoms with Crippen molar-refractivity contribution in [2.24, 2.45) is 11.8 Å². The summed E-state index contributed by atoms with van der Waals surface area (Å²) in [5.74, 6) is 2.10. The zero-order chi connectivity index (χ0) is 39.6. The van der Waals surface area contributed by atoms with Gasteiger partial charge in [-0.2, -0.15) is 26.3 Å². The van der Waals surface area contributed by atoms with E-state index in [0.717, 1.165) is 38.8 Å². The van der Waals surface area contributed by atoms with Crippen molar-refractivity contribution < 1.29 is 31.1 Å². The fourth-order valence-corrected chi connectivity index (χ4v) is 6.42. The van der Waals surface area contributed by atoms with Crippen molar-refractivity contribution >= 4 is 34.9 Å². The van der Waals surface area contributed by atoms with Gasteiger partial charge in [0.2, 0.25) is 11.9 Å². The maximum Gasteiger partial charge on any atom is 0.416 e. The number of amides is 1. The highest BCUT2D eigenvalue weighted by molar-refractivity contribution is 6.01. The Labute approximate surface area is 313 Å². The molecule has 1 saturated heterocycles. The fourth-order valence-electron chi connectivity index (χ4n) is 6.42. The van der Waals surface area contributed by atoms with E-state index in [-0.39, 0.29) is 35.7 Å². The predicted octanol–water partition coefficient (Wildman–Crippen LogP) is 9.49. The molecule has 0 unspecified atom stereocenters. The maximum atomic E-state index is 13.9. The summed E-state index contributed by atoms with van der Waals surface area (Å²) in [5.41, 5.74) is -1.62. The summed E-state index contributed by atoms with van der Waals surface area (Å²) in [7, 11) is 0. The minimum Gasteiger partial charge on any atom is -0.365 e. The third kappa shape index (κ3) is 10.6. The van der Waals surface area contributed by atoms with Gasteiger partial charge in [0.15, 0.2) is 0 Å². The number of alkyl halides is 6. The highest BCUT2D eigenvalue weighted by Gasteiger charge is 2.38. The third-order valence-electron chi connectivity index (χ3n) is 9.30. The van der Waals surface area contributed by atoms with Crippen molar-refractivity contribution in [2.45, 2.75) is 111 Å². The maximum absolute atomic E-state index is 13.9. The van der Waals surface area contributed by atoms with Crippen LogP contribution in [0.2, 0.25) is 0 Å². The van der Waals surface area contributed by atoms with E-state index in [1.54, 1.807) is 11.8 Å². The Bertz CT molecular complexity index is 1750. The molecular weight excluding hydrogens is 710 g/mol. The molecule has 15 heteroatoms. The second kappa shape index (κ2) is 16.1. The Balaban J connectivity index is 0.00000276. The molecule has 3 heterocycles. The first-order valence-electron chi connectivity index (χ1n) is 18.6. The molecule has 294 valence electrons. The lowest BCUT2D eigenvalue weighted by Gasteiger charge is -2.32. The van der Waals surface area contributed by atoms with E-state index >= 15 is 0 Å². The minimum atomic E-state index is -5.02. The van der Waals surface area contributed by atoms with Gasteiger partial charge in [0.25, 0.3) is 0 Å². The second-order valence-corrected chi connectivity index (χ2v) is 15.3. The van der Waals surface area contributed by atoms with E-state index in [4.69, 9.17) is 10.4 Å². The van der Waals surface area contributed by atoms with Gasteiger partial charge in [-0.1, -0.05) is 13.8 Å². The molecule has 3 fully saturated rings. The molecule has 0 spiro atoms. The molecular formula is C39H50F6N8O. The summed E-state index contributed by atoms with van der Waals surface area (Å²) in [4.78, 5) is 31.8. The molecule has 1 amide bonds. The van der Waals surface area contributed by atoms with Gasteiger partial charge in [-0.25, -0.2) is 15.0 Å². The van der Waals surface area contributed by atoms with E-state index in [2.05, 4.69) is 20.2 Å². The number of pyridine rings is 1. The lowest BCUT2D eigenvalue weighted by molar-refractivity contribution is -0.143. The van der Waals surface area contributed by atoms with Crippen LogP contribution in [-0.4, -0.2) is 51.7 Å². The topological polar surface area (TPSA) is 101 Å². The average Bonchev–Trinajstić information content (AvgIpc) is 4.04. The van der Waals surface area contributed by atoms with Crippen molar-refractivity contribution in [2.75, 3.05) is 39.7 Å². The number of carbonyl (C=O) groups is 1. The minimum absolute atomic E-state index is 0.0379. The molecule has 54 heavy (non-hydrogen) atoms. The molecule has 3 aliphatic rings. The van der Waals surface area contributed by atoms with Crippen molar-refractivity contribution in [1.82, 2.24) is 15.0 Å². The van der Waals surface area contributed by atoms with Crippen LogP contribution < -0.4 is 20.0 Å². The van der Waals surface area contributed by atoms with Crippen LogP contribution in [0.4, 0.5) is 49.6 Å². The molecule has 0 atom stereocenters. The van der Waals surface area contributed by atoms with Crippen LogP contribution in [0.5, 0.6) is 0 Å². The number of benzene rings is 1. The standard InChI is InChI=1S/C37H44F6N8O.C2H6/c1-22(44)30-14-26(33(47-32(30)48-35(2,3)4)49(18-23-7-8-23)19-24-9-10-24)21-50(34-45-16-29(17-46-34)51-11-5-6-31(51)52)20-25-12-27(36(38,39)40)15-28(13-25)37(41,42)43;1-2/h12-17,23-24,44H,5-11,18-21H2,1-4H3,(H,47,48);1-2H3. The molecule has 2 aromatic heterocycles. The molecule has 0 radical (unpaired) electrons. The third-order valence-corrected chi connectivity index (χ3v) is 9.30. The monoisotopic (exact) mass is 760 g/mol. The SMILES string of the molecule is CC.CC(=N)c1cc(CN(Cc2cc(C(F)(F)F)cc(C(F)(F)F)c2)c2ncc(N3CCCC3=O)cn2)c(N(CC2CC2)CC2CC2)nc1NC(C)(C)C. The Morgan fingerprint density at radius 2 is 1.43 bits per heavy atom. The van der Waals surface area contributed by atoms with Gasteiger partial charge in [-0.3, -0.25) is 4.79 Å². The summed E-state index contributed by atoms with van der Waals surface area (Å²) < 4.78 is 83.6. The number of carbonyl (C=O) groups excluding carboxylic acids is 1. The highest BCUT2D eigenvalue weighted by Crippen LogP contribution is 2.40. The lowest BCUT2D eigenvalue weighted by Crippen LogP contribution is -2.34. The van der Waals surface area contributed by atoms with Crippen molar-refractivity contribution in [3.8, 4) is 0 Å². The average molecular weight is 761 g/mol. The Kier molecular flexibility index (Phi) is 12.2. The first-order valence-corrected chi connectivity index (χ1v) is 18.6. The van der Waals surface area contributed by atoms with Gasteiger partial charge in [0.1, 0.15) is 11.6 Å². The molecule has 1 aliphatic heterocycles. The number of halogens is 6. The molecule has 1 aromatic carbocycles. The number of nitrogens with zero attached hydrogens (tertiary/aromatic N) is 6. The number of anilines is 4. The molecule has 9 nitrogen and oxygen atoms in total. The zero-order valence-corrected chi connectivity index (χ0v) is 31.8. The first-order chi connectivity index (χ1) is 25.3.